The van der Waals surface area contributed by atoms with E-state index in [1.807, 2.05) is 0 Å². The third-order valence-electron chi connectivity index (χ3n) is 2.81. The zero-order valence-electron chi connectivity index (χ0n) is 10.4. The molecule has 0 aliphatic rings. The zero-order valence-corrected chi connectivity index (χ0v) is 11.1. The summed E-state index contributed by atoms with van der Waals surface area (Å²) in [4.78, 5) is 2.43. The van der Waals surface area contributed by atoms with Crippen molar-refractivity contribution in [1.82, 2.24) is 0 Å². The first-order valence-corrected chi connectivity index (χ1v) is 6.69. The number of hydrogen-bond donors (Lipinski definition) is 0. The molecule has 0 spiro atoms. The quantitative estimate of drug-likeness (QED) is 0.509. The lowest BCUT2D eigenvalue weighted by Crippen LogP contribution is -2.23. The van der Waals surface area contributed by atoms with E-state index in [4.69, 9.17) is 11.6 Å². The molecule has 0 aliphatic carbocycles. The Morgan fingerprint density at radius 2 is 2.00 bits per heavy atom. The molecule has 0 fully saturated rings. The second kappa shape index (κ2) is 7.56. The monoisotopic (exact) mass is 239 g/mol. The zero-order chi connectivity index (χ0) is 11.8. The minimum Gasteiger partial charge on any atom is -0.372 e. The molecular formula is C14H22ClN. The summed E-state index contributed by atoms with van der Waals surface area (Å²) in [7, 11) is 0. The van der Waals surface area contributed by atoms with Gasteiger partial charge in [-0.15, -0.1) is 11.6 Å². The van der Waals surface area contributed by atoms with E-state index in [0.29, 0.717) is 0 Å². The number of anilines is 1. The first-order valence-electron chi connectivity index (χ1n) is 6.15. The molecule has 0 radical (unpaired) electrons. The molecular weight excluding hydrogens is 218 g/mol. The van der Waals surface area contributed by atoms with Crippen LogP contribution in [0.5, 0.6) is 0 Å². The summed E-state index contributed by atoms with van der Waals surface area (Å²) in [5.41, 5.74) is 2.67. The number of aryl methyl sites for hydroxylation is 1. The highest BCUT2D eigenvalue weighted by molar-refractivity contribution is 6.17. The van der Waals surface area contributed by atoms with Crippen molar-refractivity contribution in [1.29, 1.82) is 0 Å². The number of nitrogens with zero attached hydrogens (tertiary/aromatic N) is 1. The Labute approximate surface area is 104 Å². The Kier molecular flexibility index (Phi) is 6.32. The van der Waals surface area contributed by atoms with Gasteiger partial charge in [0, 0.05) is 24.7 Å². The van der Waals surface area contributed by atoms with Crippen LogP contribution in [0, 0.1) is 6.92 Å². The van der Waals surface area contributed by atoms with Crippen LogP contribution >= 0.6 is 11.6 Å². The van der Waals surface area contributed by atoms with Gasteiger partial charge in [0.25, 0.3) is 0 Å². The van der Waals surface area contributed by atoms with Crippen LogP contribution in [0.1, 0.15) is 31.7 Å². The molecule has 0 aliphatic heterocycles. The van der Waals surface area contributed by atoms with Crippen molar-refractivity contribution in [2.24, 2.45) is 0 Å². The maximum absolute atomic E-state index is 5.67. The first kappa shape index (κ1) is 13.4. The smallest absolute Gasteiger partial charge is 0.0368 e. The Morgan fingerprint density at radius 1 is 1.19 bits per heavy atom. The van der Waals surface area contributed by atoms with Crippen LogP contribution in [-0.4, -0.2) is 19.0 Å². The summed E-state index contributed by atoms with van der Waals surface area (Å²) in [5.74, 6) is 0.788. The number of unbranched alkanes of at least 4 members (excludes halogenated alkanes) is 2. The second-order valence-electron chi connectivity index (χ2n) is 4.17. The van der Waals surface area contributed by atoms with Gasteiger partial charge >= 0.3 is 0 Å². The molecule has 0 amide bonds. The number of alkyl halides is 1. The highest BCUT2D eigenvalue weighted by Gasteiger charge is 2.03. The fraction of sp³-hybridized carbons (Fsp3) is 0.571. The minimum atomic E-state index is 0.788. The van der Waals surface area contributed by atoms with Crippen LogP contribution < -0.4 is 4.90 Å². The molecule has 0 heterocycles. The van der Waals surface area contributed by atoms with Crippen molar-refractivity contribution in [2.75, 3.05) is 23.9 Å². The largest absolute Gasteiger partial charge is 0.372 e. The average Bonchev–Trinajstić information content (AvgIpc) is 2.29. The van der Waals surface area contributed by atoms with Crippen LogP contribution in [0.4, 0.5) is 5.69 Å². The predicted molar refractivity (Wildman–Crippen MR) is 73.6 cm³/mol. The van der Waals surface area contributed by atoms with Crippen molar-refractivity contribution in [3.8, 4) is 0 Å². The molecule has 2 heteroatoms. The van der Waals surface area contributed by atoms with Gasteiger partial charge in [0.05, 0.1) is 0 Å². The van der Waals surface area contributed by atoms with Crippen LogP contribution in [0.15, 0.2) is 24.3 Å². The lowest BCUT2D eigenvalue weighted by molar-refractivity contribution is 0.687. The van der Waals surface area contributed by atoms with E-state index in [-0.39, 0.29) is 0 Å². The molecule has 0 N–H and O–H groups in total. The highest BCUT2D eigenvalue weighted by atomic mass is 35.5. The summed E-state index contributed by atoms with van der Waals surface area (Å²) in [6.07, 6.45) is 3.59. The summed E-state index contributed by atoms with van der Waals surface area (Å²) >= 11 is 5.67. The van der Waals surface area contributed by atoms with E-state index >= 15 is 0 Å². The number of hydrogen-bond acceptors (Lipinski definition) is 1. The molecule has 0 saturated carbocycles. The summed E-state index contributed by atoms with van der Waals surface area (Å²) in [5, 5.41) is 0. The van der Waals surface area contributed by atoms with Gasteiger partial charge in [0.1, 0.15) is 0 Å². The fourth-order valence-electron chi connectivity index (χ4n) is 1.87. The SMILES string of the molecule is CCN(CCCCCCl)c1cccc(C)c1. The van der Waals surface area contributed by atoms with E-state index in [9.17, 15) is 0 Å². The molecule has 1 nitrogen and oxygen atoms in total. The normalized spacial score (nSPS) is 10.4. The molecule has 0 unspecified atom stereocenters. The molecule has 1 aromatic rings. The Bertz CT molecular complexity index is 299. The molecule has 0 saturated heterocycles. The summed E-state index contributed by atoms with van der Waals surface area (Å²) in [6.45, 7) is 6.57. The van der Waals surface area contributed by atoms with Gasteiger partial charge in [-0.1, -0.05) is 18.6 Å². The van der Waals surface area contributed by atoms with Crippen molar-refractivity contribution in [3.05, 3.63) is 29.8 Å². The lowest BCUT2D eigenvalue weighted by atomic mass is 10.2. The van der Waals surface area contributed by atoms with E-state index in [2.05, 4.69) is 43.0 Å². The maximum Gasteiger partial charge on any atom is 0.0368 e. The van der Waals surface area contributed by atoms with E-state index in [0.717, 1.165) is 25.4 Å². The number of benzene rings is 1. The van der Waals surface area contributed by atoms with Crippen LogP contribution in [0.3, 0.4) is 0 Å². The predicted octanol–water partition coefficient (Wildman–Crippen LogP) is 4.23. The Hall–Kier alpha value is -0.690. The summed E-state index contributed by atoms with van der Waals surface area (Å²) < 4.78 is 0. The maximum atomic E-state index is 5.67. The third kappa shape index (κ3) is 4.44. The van der Waals surface area contributed by atoms with Crippen molar-refractivity contribution in [2.45, 2.75) is 33.1 Å². The van der Waals surface area contributed by atoms with Crippen LogP contribution in [0.2, 0.25) is 0 Å². The number of rotatable bonds is 7. The van der Waals surface area contributed by atoms with Crippen molar-refractivity contribution in [3.63, 3.8) is 0 Å². The number of halogens is 1. The standard InChI is InChI=1S/C14H22ClN/c1-3-16(11-6-4-5-10-15)14-9-7-8-13(2)12-14/h7-9,12H,3-6,10-11H2,1-2H3. The molecule has 16 heavy (non-hydrogen) atoms. The summed E-state index contributed by atoms with van der Waals surface area (Å²) in [6, 6.07) is 8.72. The van der Waals surface area contributed by atoms with Gasteiger partial charge in [-0.3, -0.25) is 0 Å². The Balaban J connectivity index is 2.47. The van der Waals surface area contributed by atoms with Crippen LogP contribution in [-0.2, 0) is 0 Å². The van der Waals surface area contributed by atoms with Crippen molar-refractivity contribution >= 4 is 17.3 Å². The average molecular weight is 240 g/mol. The van der Waals surface area contributed by atoms with E-state index in [1.165, 1.54) is 24.1 Å². The fourth-order valence-corrected chi connectivity index (χ4v) is 2.06. The van der Waals surface area contributed by atoms with Gasteiger partial charge < -0.3 is 4.90 Å². The van der Waals surface area contributed by atoms with Gasteiger partial charge in [-0.25, -0.2) is 0 Å². The minimum absolute atomic E-state index is 0.788. The molecule has 90 valence electrons. The third-order valence-corrected chi connectivity index (χ3v) is 3.08. The van der Waals surface area contributed by atoms with E-state index < -0.39 is 0 Å². The van der Waals surface area contributed by atoms with Gasteiger partial charge in [-0.05, 0) is 44.4 Å². The highest BCUT2D eigenvalue weighted by Crippen LogP contribution is 2.16. The lowest BCUT2D eigenvalue weighted by Gasteiger charge is -2.23. The molecule has 0 atom stereocenters. The van der Waals surface area contributed by atoms with E-state index in [1.54, 1.807) is 0 Å². The Morgan fingerprint density at radius 3 is 2.62 bits per heavy atom. The van der Waals surface area contributed by atoms with Crippen LogP contribution in [0.25, 0.3) is 0 Å². The molecule has 1 aromatic carbocycles. The van der Waals surface area contributed by atoms with Crippen molar-refractivity contribution < 1.29 is 0 Å². The second-order valence-corrected chi connectivity index (χ2v) is 4.55. The van der Waals surface area contributed by atoms with Gasteiger partial charge in [0.2, 0.25) is 0 Å². The van der Waals surface area contributed by atoms with Gasteiger partial charge in [0.15, 0.2) is 0 Å². The molecule has 0 bridgehead atoms. The molecule has 0 aromatic heterocycles. The topological polar surface area (TPSA) is 3.24 Å². The first-order chi connectivity index (χ1) is 7.77. The molecule has 1 rings (SSSR count). The van der Waals surface area contributed by atoms with Gasteiger partial charge in [-0.2, -0.15) is 0 Å².